The molecule has 0 bridgehead atoms. The summed E-state index contributed by atoms with van der Waals surface area (Å²) in [5, 5.41) is 0. The maximum Gasteiger partial charge on any atom is 0.306 e. The first-order chi connectivity index (χ1) is 8.12. The van der Waals surface area contributed by atoms with E-state index in [4.69, 9.17) is 10.5 Å². The van der Waals surface area contributed by atoms with Gasteiger partial charge in [0.2, 0.25) is 5.88 Å². The summed E-state index contributed by atoms with van der Waals surface area (Å²) in [6, 6.07) is 1.94. The normalized spacial score (nSPS) is 12.0. The maximum absolute atomic E-state index is 11.2. The predicted octanol–water partition coefficient (Wildman–Crippen LogP) is 1.00. The summed E-state index contributed by atoms with van der Waals surface area (Å²) in [4.78, 5) is 15.4. The van der Waals surface area contributed by atoms with Crippen molar-refractivity contribution in [1.82, 2.24) is 4.98 Å². The Bertz CT molecular complexity index is 393. The quantitative estimate of drug-likeness (QED) is 0.775. The standard InChI is InChI=1S/C12H18N2O3/c1-8-4-10(7-14-12(8)17-3)9(6-13)5-11(15)16-2/h4,7,9H,5-6,13H2,1-3H3. The van der Waals surface area contributed by atoms with Crippen LogP contribution in [-0.2, 0) is 9.53 Å². The van der Waals surface area contributed by atoms with Gasteiger partial charge in [0.1, 0.15) is 0 Å². The highest BCUT2D eigenvalue weighted by molar-refractivity contribution is 5.70. The van der Waals surface area contributed by atoms with Crippen LogP contribution in [0, 0.1) is 6.92 Å². The van der Waals surface area contributed by atoms with Gasteiger partial charge in [-0.05, 0) is 25.1 Å². The van der Waals surface area contributed by atoms with Gasteiger partial charge in [-0.25, -0.2) is 4.98 Å². The average molecular weight is 238 g/mol. The van der Waals surface area contributed by atoms with Crippen molar-refractivity contribution in [2.45, 2.75) is 19.3 Å². The predicted molar refractivity (Wildman–Crippen MR) is 64.0 cm³/mol. The van der Waals surface area contributed by atoms with Gasteiger partial charge in [0.15, 0.2) is 0 Å². The molecule has 0 saturated carbocycles. The second-order valence-corrected chi connectivity index (χ2v) is 3.81. The van der Waals surface area contributed by atoms with Crippen molar-refractivity contribution in [3.8, 4) is 5.88 Å². The number of hydrogen-bond donors (Lipinski definition) is 1. The molecule has 0 aliphatic carbocycles. The zero-order chi connectivity index (χ0) is 12.8. The van der Waals surface area contributed by atoms with Crippen molar-refractivity contribution in [3.63, 3.8) is 0 Å². The van der Waals surface area contributed by atoms with Gasteiger partial charge in [0.25, 0.3) is 0 Å². The molecule has 1 heterocycles. The molecule has 5 heteroatoms. The zero-order valence-electron chi connectivity index (χ0n) is 10.4. The van der Waals surface area contributed by atoms with Gasteiger partial charge in [-0.3, -0.25) is 4.79 Å². The molecular weight excluding hydrogens is 220 g/mol. The Labute approximate surface area is 101 Å². The van der Waals surface area contributed by atoms with Crippen molar-refractivity contribution < 1.29 is 14.3 Å². The first-order valence-corrected chi connectivity index (χ1v) is 5.39. The third kappa shape index (κ3) is 3.42. The van der Waals surface area contributed by atoms with Crippen molar-refractivity contribution in [3.05, 3.63) is 23.4 Å². The highest BCUT2D eigenvalue weighted by Crippen LogP contribution is 2.23. The molecule has 1 aromatic rings. The van der Waals surface area contributed by atoms with Gasteiger partial charge in [0, 0.05) is 17.7 Å². The van der Waals surface area contributed by atoms with Gasteiger partial charge in [-0.15, -0.1) is 0 Å². The van der Waals surface area contributed by atoms with E-state index >= 15 is 0 Å². The molecule has 0 fully saturated rings. The lowest BCUT2D eigenvalue weighted by atomic mass is 9.96. The van der Waals surface area contributed by atoms with Crippen LogP contribution < -0.4 is 10.5 Å². The molecule has 2 N–H and O–H groups in total. The van der Waals surface area contributed by atoms with Crippen LogP contribution in [0.5, 0.6) is 5.88 Å². The fourth-order valence-electron chi connectivity index (χ4n) is 1.64. The van der Waals surface area contributed by atoms with Crippen molar-refractivity contribution in [2.75, 3.05) is 20.8 Å². The molecule has 0 radical (unpaired) electrons. The number of rotatable bonds is 5. The summed E-state index contributed by atoms with van der Waals surface area (Å²) in [5.74, 6) is 0.246. The van der Waals surface area contributed by atoms with E-state index in [-0.39, 0.29) is 18.3 Å². The van der Waals surface area contributed by atoms with Crippen LogP contribution in [0.1, 0.15) is 23.5 Å². The Morgan fingerprint density at radius 1 is 1.53 bits per heavy atom. The first-order valence-electron chi connectivity index (χ1n) is 5.39. The number of nitrogens with two attached hydrogens (primary N) is 1. The van der Waals surface area contributed by atoms with Crippen LogP contribution in [0.4, 0.5) is 0 Å². The summed E-state index contributed by atoms with van der Waals surface area (Å²) in [7, 11) is 2.94. The largest absolute Gasteiger partial charge is 0.481 e. The van der Waals surface area contributed by atoms with Crippen LogP contribution in [0.2, 0.25) is 0 Å². The molecule has 1 aromatic heterocycles. The lowest BCUT2D eigenvalue weighted by molar-refractivity contribution is -0.141. The number of nitrogens with zero attached hydrogens (tertiary/aromatic N) is 1. The van der Waals surface area contributed by atoms with Crippen LogP contribution >= 0.6 is 0 Å². The molecule has 0 saturated heterocycles. The van der Waals surface area contributed by atoms with Crippen LogP contribution in [0.25, 0.3) is 0 Å². The summed E-state index contributed by atoms with van der Waals surface area (Å²) in [6.45, 7) is 2.28. The summed E-state index contributed by atoms with van der Waals surface area (Å²) >= 11 is 0. The summed E-state index contributed by atoms with van der Waals surface area (Å²) in [6.07, 6.45) is 1.95. The molecule has 1 unspecified atom stereocenters. The van der Waals surface area contributed by atoms with E-state index in [1.807, 2.05) is 13.0 Å². The topological polar surface area (TPSA) is 74.4 Å². The van der Waals surface area contributed by atoms with E-state index in [1.165, 1.54) is 7.11 Å². The minimum absolute atomic E-state index is 0.0699. The Morgan fingerprint density at radius 2 is 2.24 bits per heavy atom. The minimum Gasteiger partial charge on any atom is -0.481 e. The van der Waals surface area contributed by atoms with Crippen molar-refractivity contribution in [2.24, 2.45) is 5.73 Å². The third-order valence-electron chi connectivity index (χ3n) is 2.64. The van der Waals surface area contributed by atoms with Gasteiger partial charge in [0.05, 0.1) is 20.6 Å². The number of esters is 1. The second-order valence-electron chi connectivity index (χ2n) is 3.81. The van der Waals surface area contributed by atoms with Crippen molar-refractivity contribution >= 4 is 5.97 Å². The molecule has 0 amide bonds. The van der Waals surface area contributed by atoms with Gasteiger partial charge < -0.3 is 15.2 Å². The number of carbonyl (C=O) groups excluding carboxylic acids is 1. The number of pyridine rings is 1. The van der Waals surface area contributed by atoms with E-state index in [0.717, 1.165) is 11.1 Å². The van der Waals surface area contributed by atoms with E-state index in [0.29, 0.717) is 12.4 Å². The Morgan fingerprint density at radius 3 is 2.71 bits per heavy atom. The Balaban J connectivity index is 2.88. The molecule has 0 aliphatic heterocycles. The van der Waals surface area contributed by atoms with E-state index in [1.54, 1.807) is 13.3 Å². The SMILES string of the molecule is COC(=O)CC(CN)c1cnc(OC)c(C)c1. The third-order valence-corrected chi connectivity index (χ3v) is 2.64. The molecule has 1 rings (SSSR count). The van der Waals surface area contributed by atoms with E-state index in [9.17, 15) is 4.79 Å². The number of methoxy groups -OCH3 is 2. The maximum atomic E-state index is 11.2. The smallest absolute Gasteiger partial charge is 0.306 e. The summed E-state index contributed by atoms with van der Waals surface area (Å²) in [5.41, 5.74) is 7.51. The second kappa shape index (κ2) is 6.20. The van der Waals surface area contributed by atoms with E-state index in [2.05, 4.69) is 9.72 Å². The highest BCUT2D eigenvalue weighted by atomic mass is 16.5. The molecule has 5 nitrogen and oxygen atoms in total. The molecular formula is C12H18N2O3. The van der Waals surface area contributed by atoms with Crippen LogP contribution in [-0.4, -0.2) is 31.7 Å². The number of ether oxygens (including phenoxy) is 2. The monoisotopic (exact) mass is 238 g/mol. The van der Waals surface area contributed by atoms with E-state index < -0.39 is 0 Å². The molecule has 0 spiro atoms. The molecule has 1 atom stereocenters. The molecule has 0 aliphatic rings. The lowest BCUT2D eigenvalue weighted by Gasteiger charge is -2.14. The zero-order valence-corrected chi connectivity index (χ0v) is 10.4. The minimum atomic E-state index is -0.270. The molecule has 94 valence electrons. The average Bonchev–Trinajstić information content (AvgIpc) is 2.35. The first kappa shape index (κ1) is 13.4. The number of aryl methyl sites for hydroxylation is 1. The van der Waals surface area contributed by atoms with Gasteiger partial charge in [-0.1, -0.05) is 0 Å². The van der Waals surface area contributed by atoms with Gasteiger partial charge in [-0.2, -0.15) is 0 Å². The fraction of sp³-hybridized carbons (Fsp3) is 0.500. The summed E-state index contributed by atoms with van der Waals surface area (Å²) < 4.78 is 9.72. The molecule has 17 heavy (non-hydrogen) atoms. The van der Waals surface area contributed by atoms with Crippen LogP contribution in [0.15, 0.2) is 12.3 Å². The lowest BCUT2D eigenvalue weighted by Crippen LogP contribution is -2.17. The molecule has 0 aromatic carbocycles. The van der Waals surface area contributed by atoms with Crippen molar-refractivity contribution in [1.29, 1.82) is 0 Å². The Kier molecular flexibility index (Phi) is 4.90. The van der Waals surface area contributed by atoms with Gasteiger partial charge >= 0.3 is 5.97 Å². The number of carbonyl (C=O) groups is 1. The number of aromatic nitrogens is 1. The number of hydrogen-bond acceptors (Lipinski definition) is 5. The highest BCUT2D eigenvalue weighted by Gasteiger charge is 2.16. The fourth-order valence-corrected chi connectivity index (χ4v) is 1.64. The van der Waals surface area contributed by atoms with Crippen LogP contribution in [0.3, 0.4) is 0 Å². The Hall–Kier alpha value is -1.62.